The Morgan fingerprint density at radius 1 is 1.33 bits per heavy atom. The minimum Gasteiger partial charge on any atom is -0.314 e. The Morgan fingerprint density at radius 2 is 2.17 bits per heavy atom. The largest absolute Gasteiger partial charge is 0.314 e. The Kier molecular flexibility index (Phi) is 5.04. The van der Waals surface area contributed by atoms with E-state index in [0.29, 0.717) is 29.5 Å². The van der Waals surface area contributed by atoms with Gasteiger partial charge in [-0.25, -0.2) is 8.42 Å². The molecule has 106 valence electrons. The second-order valence-corrected chi connectivity index (χ2v) is 8.19. The first-order chi connectivity index (χ1) is 8.55. The molecule has 0 aromatic heterocycles. The molecule has 2 rings (SSSR count). The Hall–Kier alpha value is -0.130. The summed E-state index contributed by atoms with van der Waals surface area (Å²) in [6.07, 6.45) is 5.91. The highest BCUT2D eigenvalue weighted by Gasteiger charge is 2.27. The summed E-state index contributed by atoms with van der Waals surface area (Å²) < 4.78 is 22.7. The molecule has 4 nitrogen and oxygen atoms in total. The van der Waals surface area contributed by atoms with Gasteiger partial charge in [-0.15, -0.1) is 0 Å². The van der Waals surface area contributed by atoms with Crippen LogP contribution in [0.3, 0.4) is 0 Å². The number of rotatable bonds is 5. The molecular formula is C13H26N2O2S. The molecule has 0 radical (unpaired) electrons. The molecule has 0 aromatic carbocycles. The van der Waals surface area contributed by atoms with E-state index in [4.69, 9.17) is 0 Å². The van der Waals surface area contributed by atoms with Crippen LogP contribution in [0.5, 0.6) is 0 Å². The van der Waals surface area contributed by atoms with E-state index in [1.807, 2.05) is 0 Å². The van der Waals surface area contributed by atoms with Crippen LogP contribution in [0, 0.1) is 5.92 Å². The van der Waals surface area contributed by atoms with E-state index >= 15 is 0 Å². The van der Waals surface area contributed by atoms with Crippen molar-refractivity contribution in [1.29, 1.82) is 0 Å². The lowest BCUT2D eigenvalue weighted by molar-refractivity contribution is 0.337. The van der Waals surface area contributed by atoms with Crippen molar-refractivity contribution in [2.75, 3.05) is 24.6 Å². The molecule has 2 aliphatic heterocycles. The second kappa shape index (κ2) is 6.35. The first-order valence-corrected chi connectivity index (χ1v) is 9.04. The maximum Gasteiger partial charge on any atom is 0.150 e. The van der Waals surface area contributed by atoms with Gasteiger partial charge in [-0.1, -0.05) is 6.42 Å². The molecule has 2 aliphatic rings. The van der Waals surface area contributed by atoms with E-state index in [9.17, 15) is 8.42 Å². The highest BCUT2D eigenvalue weighted by atomic mass is 32.2. The number of hydrogen-bond donors (Lipinski definition) is 2. The predicted molar refractivity (Wildman–Crippen MR) is 74.5 cm³/mol. The fourth-order valence-electron chi connectivity index (χ4n) is 3.04. The molecule has 2 saturated heterocycles. The van der Waals surface area contributed by atoms with Crippen LogP contribution in [0.4, 0.5) is 0 Å². The lowest BCUT2D eigenvalue weighted by Crippen LogP contribution is -2.41. The summed E-state index contributed by atoms with van der Waals surface area (Å²) in [5.41, 5.74) is 0. The quantitative estimate of drug-likeness (QED) is 0.783. The fraction of sp³-hybridized carbons (Fsp3) is 1.00. The summed E-state index contributed by atoms with van der Waals surface area (Å²) in [7, 11) is -2.72. The smallest absolute Gasteiger partial charge is 0.150 e. The van der Waals surface area contributed by atoms with Crippen molar-refractivity contribution >= 4 is 9.84 Å². The van der Waals surface area contributed by atoms with Crippen LogP contribution in [0.2, 0.25) is 0 Å². The molecule has 2 N–H and O–H groups in total. The molecule has 2 heterocycles. The third-order valence-corrected chi connectivity index (χ3v) is 5.97. The van der Waals surface area contributed by atoms with Crippen molar-refractivity contribution in [3.63, 3.8) is 0 Å². The maximum absolute atomic E-state index is 11.4. The van der Waals surface area contributed by atoms with Crippen LogP contribution in [-0.4, -0.2) is 45.1 Å². The summed E-state index contributed by atoms with van der Waals surface area (Å²) in [6, 6.07) is 1.12. The monoisotopic (exact) mass is 274 g/mol. The Bertz CT molecular complexity index is 350. The number of piperidine rings is 1. The standard InChI is InChI=1S/C13H26N2O2S/c1-11(8-13-4-2-3-6-14-13)15-9-12-5-7-18(16,17)10-12/h11-15H,2-10H2,1H3. The van der Waals surface area contributed by atoms with Crippen LogP contribution in [0.15, 0.2) is 0 Å². The maximum atomic E-state index is 11.4. The van der Waals surface area contributed by atoms with Gasteiger partial charge in [0.1, 0.15) is 0 Å². The molecular weight excluding hydrogens is 248 g/mol. The summed E-state index contributed by atoms with van der Waals surface area (Å²) in [5.74, 6) is 1.10. The Morgan fingerprint density at radius 3 is 2.78 bits per heavy atom. The summed E-state index contributed by atoms with van der Waals surface area (Å²) >= 11 is 0. The minimum absolute atomic E-state index is 0.330. The van der Waals surface area contributed by atoms with E-state index < -0.39 is 9.84 Å². The molecule has 18 heavy (non-hydrogen) atoms. The van der Waals surface area contributed by atoms with Gasteiger partial charge in [-0.05, 0) is 51.6 Å². The van der Waals surface area contributed by atoms with Crippen molar-refractivity contribution in [2.45, 2.75) is 51.1 Å². The van der Waals surface area contributed by atoms with Crippen LogP contribution >= 0.6 is 0 Å². The molecule has 2 fully saturated rings. The molecule has 0 spiro atoms. The predicted octanol–water partition coefficient (Wildman–Crippen LogP) is 0.931. The molecule has 5 heteroatoms. The molecule has 3 unspecified atom stereocenters. The SMILES string of the molecule is CC(CC1CCCCN1)NCC1CCS(=O)(=O)C1. The first kappa shape index (κ1) is 14.3. The number of nitrogens with one attached hydrogen (secondary N) is 2. The second-order valence-electron chi connectivity index (χ2n) is 5.96. The van der Waals surface area contributed by atoms with E-state index in [1.54, 1.807) is 0 Å². The van der Waals surface area contributed by atoms with Gasteiger partial charge in [0.25, 0.3) is 0 Å². The molecule has 0 bridgehead atoms. The summed E-state index contributed by atoms with van der Waals surface area (Å²) in [6.45, 7) is 4.21. The molecule has 3 atom stereocenters. The minimum atomic E-state index is -2.72. The van der Waals surface area contributed by atoms with Crippen molar-refractivity contribution in [3.05, 3.63) is 0 Å². The highest BCUT2D eigenvalue weighted by molar-refractivity contribution is 7.91. The average Bonchev–Trinajstić information content (AvgIpc) is 2.68. The molecule has 0 amide bonds. The molecule has 0 aromatic rings. The van der Waals surface area contributed by atoms with Crippen molar-refractivity contribution in [2.24, 2.45) is 5.92 Å². The van der Waals surface area contributed by atoms with E-state index in [2.05, 4.69) is 17.6 Å². The zero-order chi connectivity index (χ0) is 13.0. The zero-order valence-corrected chi connectivity index (χ0v) is 12.1. The van der Waals surface area contributed by atoms with E-state index in [1.165, 1.54) is 19.3 Å². The van der Waals surface area contributed by atoms with Gasteiger partial charge >= 0.3 is 0 Å². The van der Waals surface area contributed by atoms with E-state index in [-0.39, 0.29) is 0 Å². The topological polar surface area (TPSA) is 58.2 Å². The van der Waals surface area contributed by atoms with Gasteiger partial charge in [0, 0.05) is 12.1 Å². The first-order valence-electron chi connectivity index (χ1n) is 7.22. The zero-order valence-electron chi connectivity index (χ0n) is 11.3. The van der Waals surface area contributed by atoms with Gasteiger partial charge in [0.05, 0.1) is 11.5 Å². The summed E-state index contributed by atoms with van der Waals surface area (Å²) in [4.78, 5) is 0. The summed E-state index contributed by atoms with van der Waals surface area (Å²) in [5, 5.41) is 7.06. The van der Waals surface area contributed by atoms with Gasteiger partial charge in [-0.3, -0.25) is 0 Å². The van der Waals surface area contributed by atoms with Crippen LogP contribution in [-0.2, 0) is 9.84 Å². The number of sulfone groups is 1. The van der Waals surface area contributed by atoms with Gasteiger partial charge < -0.3 is 10.6 Å². The third kappa shape index (κ3) is 4.52. The van der Waals surface area contributed by atoms with Gasteiger partial charge in [-0.2, -0.15) is 0 Å². The van der Waals surface area contributed by atoms with Crippen molar-refractivity contribution in [1.82, 2.24) is 10.6 Å². The lowest BCUT2D eigenvalue weighted by atomic mass is 9.98. The molecule has 0 saturated carbocycles. The van der Waals surface area contributed by atoms with Crippen molar-refractivity contribution in [3.8, 4) is 0 Å². The van der Waals surface area contributed by atoms with Crippen LogP contribution in [0.25, 0.3) is 0 Å². The number of hydrogen-bond acceptors (Lipinski definition) is 4. The van der Waals surface area contributed by atoms with Crippen molar-refractivity contribution < 1.29 is 8.42 Å². The van der Waals surface area contributed by atoms with Crippen LogP contribution < -0.4 is 10.6 Å². The Labute approximate surface area is 111 Å². The van der Waals surface area contributed by atoms with Crippen LogP contribution in [0.1, 0.15) is 39.0 Å². The lowest BCUT2D eigenvalue weighted by Gasteiger charge is -2.27. The Balaban J connectivity index is 1.64. The fourth-order valence-corrected chi connectivity index (χ4v) is 4.90. The van der Waals surface area contributed by atoms with Gasteiger partial charge in [0.15, 0.2) is 9.84 Å². The van der Waals surface area contributed by atoms with E-state index in [0.717, 1.165) is 25.9 Å². The third-order valence-electron chi connectivity index (χ3n) is 4.13. The highest BCUT2D eigenvalue weighted by Crippen LogP contribution is 2.18. The normalized spacial score (nSPS) is 33.4. The van der Waals surface area contributed by atoms with Gasteiger partial charge in [0.2, 0.25) is 0 Å². The molecule has 0 aliphatic carbocycles. The average molecular weight is 274 g/mol.